The van der Waals surface area contributed by atoms with Crippen molar-refractivity contribution < 1.29 is 19.2 Å². The second-order valence-electron chi connectivity index (χ2n) is 6.16. The molecular weight excluding hydrogens is 300 g/mol. The maximum atomic E-state index is 12.4. The Morgan fingerprint density at radius 2 is 1.87 bits per heavy atom. The van der Waals surface area contributed by atoms with Gasteiger partial charge in [0, 0.05) is 13.5 Å². The van der Waals surface area contributed by atoms with Gasteiger partial charge in [-0.15, -0.1) is 0 Å². The molecule has 3 N–H and O–H groups in total. The monoisotopic (exact) mass is 326 g/mol. The molecule has 1 aliphatic heterocycles. The van der Waals surface area contributed by atoms with Crippen LogP contribution in [0, 0.1) is 5.92 Å². The number of carbonyl (C=O) groups is 4. The molecule has 8 heteroatoms. The fourth-order valence-corrected chi connectivity index (χ4v) is 2.42. The van der Waals surface area contributed by atoms with E-state index in [-0.39, 0.29) is 23.8 Å². The van der Waals surface area contributed by atoms with Crippen molar-refractivity contribution >= 4 is 24.0 Å². The highest BCUT2D eigenvalue weighted by Gasteiger charge is 2.30. The highest BCUT2D eigenvalue weighted by atomic mass is 16.2. The Morgan fingerprint density at radius 1 is 1.22 bits per heavy atom. The molecule has 0 saturated carbocycles. The molecule has 0 aromatic heterocycles. The summed E-state index contributed by atoms with van der Waals surface area (Å²) in [4.78, 5) is 46.6. The molecule has 1 fully saturated rings. The van der Waals surface area contributed by atoms with Crippen LogP contribution in [0.25, 0.3) is 0 Å². The summed E-state index contributed by atoms with van der Waals surface area (Å²) in [6, 6.07) is -1.83. The van der Waals surface area contributed by atoms with Crippen LogP contribution in [0.4, 0.5) is 0 Å². The minimum absolute atomic E-state index is 0.103. The van der Waals surface area contributed by atoms with Crippen molar-refractivity contribution in [2.75, 3.05) is 6.54 Å². The van der Waals surface area contributed by atoms with E-state index in [0.29, 0.717) is 13.0 Å². The Labute approximate surface area is 136 Å². The van der Waals surface area contributed by atoms with Gasteiger partial charge >= 0.3 is 0 Å². The topological polar surface area (TPSA) is 108 Å². The third-order valence-corrected chi connectivity index (χ3v) is 3.69. The van der Waals surface area contributed by atoms with Gasteiger partial charge in [-0.25, -0.2) is 5.43 Å². The molecule has 0 radical (unpaired) electrons. The first-order valence-corrected chi connectivity index (χ1v) is 7.86. The molecule has 1 aliphatic rings. The molecule has 8 nitrogen and oxygen atoms in total. The lowest BCUT2D eigenvalue weighted by Crippen LogP contribution is -2.59. The minimum Gasteiger partial charge on any atom is -0.344 e. The van der Waals surface area contributed by atoms with E-state index in [1.54, 1.807) is 6.92 Å². The van der Waals surface area contributed by atoms with Crippen LogP contribution >= 0.6 is 0 Å². The van der Waals surface area contributed by atoms with Crippen molar-refractivity contribution in [3.05, 3.63) is 0 Å². The summed E-state index contributed by atoms with van der Waals surface area (Å²) in [5.41, 5.74) is 2.84. The molecule has 0 spiro atoms. The van der Waals surface area contributed by atoms with Crippen LogP contribution in [0.2, 0.25) is 0 Å². The Kier molecular flexibility index (Phi) is 7.15. The second-order valence-corrected chi connectivity index (χ2v) is 6.16. The molecule has 23 heavy (non-hydrogen) atoms. The maximum absolute atomic E-state index is 12.4. The predicted octanol–water partition coefficient (Wildman–Crippen LogP) is -0.654. The summed E-state index contributed by atoms with van der Waals surface area (Å²) in [7, 11) is 0. The van der Waals surface area contributed by atoms with Crippen LogP contribution in [0.15, 0.2) is 0 Å². The molecular formula is C15H26N4O4. The molecule has 0 aromatic rings. The highest BCUT2D eigenvalue weighted by Crippen LogP contribution is 2.08. The van der Waals surface area contributed by atoms with Crippen LogP contribution in [-0.4, -0.2) is 53.7 Å². The summed E-state index contributed by atoms with van der Waals surface area (Å²) in [5.74, 6) is -1.12. The summed E-state index contributed by atoms with van der Waals surface area (Å²) < 4.78 is 0. The van der Waals surface area contributed by atoms with Crippen molar-refractivity contribution in [3.63, 3.8) is 0 Å². The molecule has 3 amide bonds. The number of hydrogen-bond acceptors (Lipinski definition) is 5. The van der Waals surface area contributed by atoms with E-state index in [9.17, 15) is 19.2 Å². The van der Waals surface area contributed by atoms with Gasteiger partial charge in [0.25, 0.3) is 5.91 Å². The van der Waals surface area contributed by atoms with Gasteiger partial charge in [-0.2, -0.15) is 0 Å². The predicted molar refractivity (Wildman–Crippen MR) is 84.0 cm³/mol. The number of amides is 3. The number of nitrogens with zero attached hydrogens (tertiary/aromatic N) is 1. The molecule has 130 valence electrons. The van der Waals surface area contributed by atoms with Crippen molar-refractivity contribution in [3.8, 4) is 0 Å². The Morgan fingerprint density at radius 3 is 2.39 bits per heavy atom. The van der Waals surface area contributed by atoms with Crippen LogP contribution in [0.3, 0.4) is 0 Å². The third-order valence-electron chi connectivity index (χ3n) is 3.69. The smallest absolute Gasteiger partial charge is 0.258 e. The van der Waals surface area contributed by atoms with Crippen LogP contribution in [0.1, 0.15) is 40.5 Å². The Bertz CT molecular complexity index is 466. The van der Waals surface area contributed by atoms with Gasteiger partial charge in [-0.05, 0) is 25.7 Å². The van der Waals surface area contributed by atoms with E-state index in [1.165, 1.54) is 11.9 Å². The largest absolute Gasteiger partial charge is 0.344 e. The molecule has 0 aliphatic carbocycles. The van der Waals surface area contributed by atoms with E-state index in [1.807, 2.05) is 13.8 Å². The molecule has 3 unspecified atom stereocenters. The summed E-state index contributed by atoms with van der Waals surface area (Å²) >= 11 is 0. The number of hydrazine groups is 1. The molecule has 0 aromatic carbocycles. The van der Waals surface area contributed by atoms with Crippen molar-refractivity contribution in [2.24, 2.45) is 5.92 Å². The van der Waals surface area contributed by atoms with E-state index in [0.717, 1.165) is 12.7 Å². The molecule has 1 heterocycles. The molecule has 3 atom stereocenters. The third kappa shape index (κ3) is 5.63. The zero-order chi connectivity index (χ0) is 17.6. The summed E-state index contributed by atoms with van der Waals surface area (Å²) in [5, 5.41) is 6.58. The SMILES string of the molecule is CC(=O)NC(C(=O)NC(C)C(=O)N1CCCC(C=O)N1)C(C)C. The quantitative estimate of drug-likeness (QED) is 0.562. The van der Waals surface area contributed by atoms with E-state index < -0.39 is 18.0 Å². The molecule has 0 bridgehead atoms. The Balaban J connectivity index is 2.63. The van der Waals surface area contributed by atoms with Gasteiger partial charge < -0.3 is 15.4 Å². The fourth-order valence-electron chi connectivity index (χ4n) is 2.42. The fraction of sp³-hybridized carbons (Fsp3) is 0.733. The molecule has 1 saturated heterocycles. The second kappa shape index (κ2) is 8.61. The van der Waals surface area contributed by atoms with Crippen molar-refractivity contribution in [1.82, 2.24) is 21.1 Å². The highest BCUT2D eigenvalue weighted by molar-refractivity contribution is 5.91. The van der Waals surface area contributed by atoms with Gasteiger partial charge in [0.1, 0.15) is 18.4 Å². The zero-order valence-electron chi connectivity index (χ0n) is 14.1. The zero-order valence-corrected chi connectivity index (χ0v) is 14.1. The van der Waals surface area contributed by atoms with Gasteiger partial charge in [0.15, 0.2) is 0 Å². The normalized spacial score (nSPS) is 20.6. The summed E-state index contributed by atoms with van der Waals surface area (Å²) in [6.07, 6.45) is 2.18. The lowest BCUT2D eigenvalue weighted by atomic mass is 10.0. The summed E-state index contributed by atoms with van der Waals surface area (Å²) in [6.45, 7) is 7.04. The minimum atomic E-state index is -0.754. The average Bonchev–Trinajstić information content (AvgIpc) is 2.51. The van der Waals surface area contributed by atoms with Gasteiger partial charge in [-0.3, -0.25) is 19.4 Å². The maximum Gasteiger partial charge on any atom is 0.258 e. The van der Waals surface area contributed by atoms with Crippen molar-refractivity contribution in [2.45, 2.75) is 58.7 Å². The van der Waals surface area contributed by atoms with Gasteiger partial charge in [0.05, 0.1) is 6.04 Å². The van der Waals surface area contributed by atoms with Crippen LogP contribution in [0.5, 0.6) is 0 Å². The standard InChI is InChI=1S/C15H26N4O4/c1-9(2)13(17-11(4)21)14(22)16-10(3)15(23)19-7-5-6-12(8-20)18-19/h8-10,12-13,18H,5-7H2,1-4H3,(H,16,22)(H,17,21). The number of nitrogens with one attached hydrogen (secondary N) is 3. The van der Waals surface area contributed by atoms with E-state index in [4.69, 9.17) is 0 Å². The Hall–Kier alpha value is -1.96. The lowest BCUT2D eigenvalue weighted by Gasteiger charge is -2.33. The lowest BCUT2D eigenvalue weighted by molar-refractivity contribution is -0.142. The number of carbonyl (C=O) groups excluding carboxylic acids is 4. The van der Waals surface area contributed by atoms with E-state index in [2.05, 4.69) is 16.1 Å². The van der Waals surface area contributed by atoms with Crippen LogP contribution in [-0.2, 0) is 19.2 Å². The number of rotatable bonds is 6. The molecule has 1 rings (SSSR count). The van der Waals surface area contributed by atoms with Gasteiger partial charge in [-0.1, -0.05) is 13.8 Å². The van der Waals surface area contributed by atoms with Crippen molar-refractivity contribution in [1.29, 1.82) is 0 Å². The first-order valence-electron chi connectivity index (χ1n) is 7.86. The van der Waals surface area contributed by atoms with Crippen LogP contribution < -0.4 is 16.1 Å². The first kappa shape index (κ1) is 19.1. The van der Waals surface area contributed by atoms with E-state index >= 15 is 0 Å². The first-order chi connectivity index (χ1) is 10.8. The average molecular weight is 326 g/mol. The van der Waals surface area contributed by atoms with Gasteiger partial charge in [0.2, 0.25) is 11.8 Å². The number of aldehydes is 1. The number of hydrogen-bond donors (Lipinski definition) is 3.